The van der Waals surface area contributed by atoms with Gasteiger partial charge in [-0.05, 0) is 49.1 Å². The van der Waals surface area contributed by atoms with Gasteiger partial charge in [-0.3, -0.25) is 14.9 Å². The lowest BCUT2D eigenvalue weighted by atomic mass is 9.98. The van der Waals surface area contributed by atoms with Gasteiger partial charge < -0.3 is 14.8 Å². The molecular weight excluding hydrogens is 348 g/mol. The first-order chi connectivity index (χ1) is 12.7. The lowest BCUT2D eigenvalue weighted by molar-refractivity contribution is -0.384. The Morgan fingerprint density at radius 3 is 2.41 bits per heavy atom. The van der Waals surface area contributed by atoms with Gasteiger partial charge in [-0.2, -0.15) is 0 Å². The van der Waals surface area contributed by atoms with E-state index in [4.69, 9.17) is 9.47 Å². The molecule has 0 aliphatic heterocycles. The minimum atomic E-state index is -0.793. The number of carbonyl (C=O) groups is 1. The number of hydrogen-bond donors (Lipinski definition) is 1. The largest absolute Gasteiger partial charge is 0.495 e. The minimum Gasteiger partial charge on any atom is -0.495 e. The normalized spacial score (nSPS) is 11.8. The van der Waals surface area contributed by atoms with Crippen molar-refractivity contribution in [3.05, 3.63) is 57.6 Å². The van der Waals surface area contributed by atoms with E-state index in [1.165, 1.54) is 30.9 Å². The van der Waals surface area contributed by atoms with Gasteiger partial charge in [0.2, 0.25) is 0 Å². The van der Waals surface area contributed by atoms with Crippen LogP contribution < -0.4 is 14.8 Å². The van der Waals surface area contributed by atoms with Gasteiger partial charge in [0.1, 0.15) is 11.5 Å². The molecule has 7 nitrogen and oxygen atoms in total. The fraction of sp³-hybridized carbons (Fsp3) is 0.350. The van der Waals surface area contributed by atoms with Crippen molar-refractivity contribution in [3.63, 3.8) is 0 Å². The number of nitrogens with one attached hydrogen (secondary N) is 1. The second kappa shape index (κ2) is 8.53. The molecule has 0 heterocycles. The zero-order valence-electron chi connectivity index (χ0n) is 16.1. The number of methoxy groups -OCH3 is 1. The molecule has 2 aromatic carbocycles. The molecule has 0 radical (unpaired) electrons. The monoisotopic (exact) mass is 372 g/mol. The average molecular weight is 372 g/mol. The third-order valence-corrected chi connectivity index (χ3v) is 4.20. The van der Waals surface area contributed by atoms with Crippen LogP contribution in [0, 0.1) is 17.0 Å². The molecule has 2 aromatic rings. The predicted octanol–water partition coefficient (Wildman–Crippen LogP) is 4.44. The molecule has 0 bridgehead atoms. The van der Waals surface area contributed by atoms with Gasteiger partial charge >= 0.3 is 0 Å². The molecule has 0 aliphatic rings. The number of benzene rings is 2. The molecule has 1 unspecified atom stereocenters. The van der Waals surface area contributed by atoms with E-state index in [9.17, 15) is 14.9 Å². The van der Waals surface area contributed by atoms with E-state index < -0.39 is 16.9 Å². The summed E-state index contributed by atoms with van der Waals surface area (Å²) < 4.78 is 10.9. The SMILES string of the molecule is COc1ccc([N+](=O)[O-])cc1NC(=O)C(C)Oc1ccc(C(C)C)c(C)c1. The van der Waals surface area contributed by atoms with E-state index >= 15 is 0 Å². The third-order valence-electron chi connectivity index (χ3n) is 4.20. The molecule has 27 heavy (non-hydrogen) atoms. The summed E-state index contributed by atoms with van der Waals surface area (Å²) in [6.07, 6.45) is -0.793. The molecule has 1 N–H and O–H groups in total. The molecule has 0 spiro atoms. The minimum absolute atomic E-state index is 0.139. The number of non-ortho nitro benzene ring substituents is 1. The van der Waals surface area contributed by atoms with E-state index in [0.717, 1.165) is 5.56 Å². The van der Waals surface area contributed by atoms with Crippen molar-refractivity contribution >= 4 is 17.3 Å². The Bertz CT molecular complexity index is 848. The van der Waals surface area contributed by atoms with Gasteiger partial charge in [-0.15, -0.1) is 0 Å². The molecule has 1 atom stereocenters. The Balaban J connectivity index is 2.13. The summed E-state index contributed by atoms with van der Waals surface area (Å²) in [5.74, 6) is 0.893. The standard InChI is InChI=1S/C20H24N2O5/c1-12(2)17-8-7-16(10-13(17)3)27-14(4)20(23)21-18-11-15(22(24)25)6-9-19(18)26-5/h6-12,14H,1-5H3,(H,21,23). The Morgan fingerprint density at radius 1 is 1.15 bits per heavy atom. The van der Waals surface area contributed by atoms with E-state index in [1.54, 1.807) is 6.92 Å². The summed E-state index contributed by atoms with van der Waals surface area (Å²) in [7, 11) is 1.43. The highest BCUT2D eigenvalue weighted by molar-refractivity contribution is 5.95. The fourth-order valence-electron chi connectivity index (χ4n) is 2.77. The van der Waals surface area contributed by atoms with E-state index in [-0.39, 0.29) is 11.4 Å². The molecule has 7 heteroatoms. The van der Waals surface area contributed by atoms with Crippen LogP contribution in [0.2, 0.25) is 0 Å². The molecule has 0 aromatic heterocycles. The Kier molecular flexibility index (Phi) is 6.39. The summed E-state index contributed by atoms with van der Waals surface area (Å²) in [5, 5.41) is 13.6. The number of anilines is 1. The number of aryl methyl sites for hydroxylation is 1. The zero-order valence-corrected chi connectivity index (χ0v) is 16.1. The van der Waals surface area contributed by atoms with Crippen LogP contribution in [0.4, 0.5) is 11.4 Å². The maximum atomic E-state index is 12.5. The first-order valence-corrected chi connectivity index (χ1v) is 8.63. The first kappa shape index (κ1) is 20.2. The van der Waals surface area contributed by atoms with Crippen molar-refractivity contribution in [2.75, 3.05) is 12.4 Å². The Labute approximate surface area is 158 Å². The lowest BCUT2D eigenvalue weighted by Gasteiger charge is -2.17. The maximum Gasteiger partial charge on any atom is 0.271 e. The van der Waals surface area contributed by atoms with Crippen molar-refractivity contribution in [3.8, 4) is 11.5 Å². The van der Waals surface area contributed by atoms with Crippen LogP contribution in [-0.4, -0.2) is 24.0 Å². The highest BCUT2D eigenvalue weighted by Gasteiger charge is 2.19. The zero-order chi connectivity index (χ0) is 20.1. The van der Waals surface area contributed by atoms with Crippen LogP contribution in [0.1, 0.15) is 37.8 Å². The highest BCUT2D eigenvalue weighted by Crippen LogP contribution is 2.29. The first-order valence-electron chi connectivity index (χ1n) is 8.63. The van der Waals surface area contributed by atoms with Gasteiger partial charge in [0.25, 0.3) is 11.6 Å². The van der Waals surface area contributed by atoms with Crippen LogP contribution in [0.5, 0.6) is 11.5 Å². The Hall–Kier alpha value is -3.09. The second-order valence-corrected chi connectivity index (χ2v) is 6.56. The van der Waals surface area contributed by atoms with Crippen LogP contribution in [-0.2, 0) is 4.79 Å². The van der Waals surface area contributed by atoms with E-state index in [0.29, 0.717) is 17.4 Å². The van der Waals surface area contributed by atoms with E-state index in [2.05, 4.69) is 19.2 Å². The molecule has 0 fully saturated rings. The summed E-state index contributed by atoms with van der Waals surface area (Å²) in [4.78, 5) is 22.9. The average Bonchev–Trinajstić information content (AvgIpc) is 2.61. The fourth-order valence-corrected chi connectivity index (χ4v) is 2.77. The van der Waals surface area contributed by atoms with Crippen LogP contribution in [0.15, 0.2) is 36.4 Å². The molecular formula is C20H24N2O5. The third kappa shape index (κ3) is 4.97. The molecule has 0 aliphatic carbocycles. The number of nitrogens with zero attached hydrogens (tertiary/aromatic N) is 1. The van der Waals surface area contributed by atoms with Gasteiger partial charge in [-0.1, -0.05) is 19.9 Å². The van der Waals surface area contributed by atoms with E-state index in [1.807, 2.05) is 25.1 Å². The van der Waals surface area contributed by atoms with Crippen LogP contribution in [0.3, 0.4) is 0 Å². The topological polar surface area (TPSA) is 90.7 Å². The second-order valence-electron chi connectivity index (χ2n) is 6.56. The summed E-state index contributed by atoms with van der Waals surface area (Å²) in [5.41, 5.74) is 2.40. The Morgan fingerprint density at radius 2 is 1.85 bits per heavy atom. The van der Waals surface area contributed by atoms with Gasteiger partial charge in [0, 0.05) is 12.1 Å². The molecule has 0 saturated carbocycles. The van der Waals surface area contributed by atoms with Gasteiger partial charge in [0.05, 0.1) is 17.7 Å². The quantitative estimate of drug-likeness (QED) is 0.573. The van der Waals surface area contributed by atoms with Crippen molar-refractivity contribution < 1.29 is 19.2 Å². The maximum absolute atomic E-state index is 12.5. The van der Waals surface area contributed by atoms with Crippen molar-refractivity contribution in [1.29, 1.82) is 0 Å². The predicted molar refractivity (Wildman–Crippen MR) is 104 cm³/mol. The highest BCUT2D eigenvalue weighted by atomic mass is 16.6. The summed E-state index contributed by atoms with van der Waals surface area (Å²) in [6.45, 7) is 7.85. The smallest absolute Gasteiger partial charge is 0.271 e. The number of carbonyl (C=O) groups excluding carboxylic acids is 1. The van der Waals surface area contributed by atoms with Gasteiger partial charge in [-0.25, -0.2) is 0 Å². The van der Waals surface area contributed by atoms with Crippen LogP contribution >= 0.6 is 0 Å². The van der Waals surface area contributed by atoms with Crippen molar-refractivity contribution in [2.45, 2.75) is 39.7 Å². The van der Waals surface area contributed by atoms with Crippen LogP contribution in [0.25, 0.3) is 0 Å². The number of amides is 1. The molecule has 2 rings (SSSR count). The number of rotatable bonds is 7. The number of nitro benzene ring substituents is 1. The lowest BCUT2D eigenvalue weighted by Crippen LogP contribution is -2.30. The molecule has 144 valence electrons. The summed E-state index contributed by atoms with van der Waals surface area (Å²) in [6, 6.07) is 9.72. The van der Waals surface area contributed by atoms with Crippen molar-refractivity contribution in [2.24, 2.45) is 0 Å². The number of nitro groups is 1. The molecule has 0 saturated heterocycles. The number of hydrogen-bond acceptors (Lipinski definition) is 5. The van der Waals surface area contributed by atoms with Gasteiger partial charge in [0.15, 0.2) is 6.10 Å². The molecule has 1 amide bonds. The number of ether oxygens (including phenoxy) is 2. The van der Waals surface area contributed by atoms with Crippen molar-refractivity contribution in [1.82, 2.24) is 0 Å². The summed E-state index contributed by atoms with van der Waals surface area (Å²) >= 11 is 0.